The molecule has 0 amide bonds. The molecule has 3 heteroatoms. The van der Waals surface area contributed by atoms with Gasteiger partial charge in [-0.1, -0.05) is 42.5 Å². The Morgan fingerprint density at radius 3 is 2.12 bits per heavy atom. The number of aliphatic hydroxyl groups is 1. The van der Waals surface area contributed by atoms with Crippen LogP contribution in [-0.4, -0.2) is 15.3 Å². The number of fused-ring (bicyclic) bond motifs is 1. The molecule has 3 N–H and O–H groups in total. The predicted molar refractivity (Wildman–Crippen MR) is 96.9 cm³/mol. The van der Waals surface area contributed by atoms with Crippen molar-refractivity contribution >= 4 is 0 Å². The molecule has 0 bridgehead atoms. The molecule has 0 aliphatic heterocycles. The van der Waals surface area contributed by atoms with E-state index >= 15 is 0 Å². The summed E-state index contributed by atoms with van der Waals surface area (Å²) >= 11 is 0. The minimum Gasteiger partial charge on any atom is -0.508 e. The van der Waals surface area contributed by atoms with E-state index < -0.39 is 6.10 Å². The highest BCUT2D eigenvalue weighted by Gasteiger charge is 2.42. The molecule has 0 radical (unpaired) electrons. The first kappa shape index (κ1) is 15.7. The van der Waals surface area contributed by atoms with E-state index in [1.54, 1.807) is 24.3 Å². The Bertz CT molecular complexity index is 901. The average molecular weight is 332 g/mol. The van der Waals surface area contributed by atoms with Gasteiger partial charge in [0.05, 0.1) is 6.10 Å². The molecule has 3 unspecified atom stereocenters. The van der Waals surface area contributed by atoms with E-state index in [4.69, 9.17) is 0 Å². The lowest BCUT2D eigenvalue weighted by atomic mass is 9.81. The molecule has 3 aromatic carbocycles. The number of aryl methyl sites for hydroxylation is 1. The number of hydrogen-bond donors (Lipinski definition) is 3. The van der Waals surface area contributed by atoms with Gasteiger partial charge in [-0.15, -0.1) is 0 Å². The Morgan fingerprint density at radius 2 is 1.44 bits per heavy atom. The van der Waals surface area contributed by atoms with E-state index in [-0.39, 0.29) is 23.3 Å². The number of aromatic hydroxyl groups is 2. The molecular formula is C22H20O3. The quantitative estimate of drug-likeness (QED) is 0.653. The molecule has 0 aromatic heterocycles. The first-order valence-corrected chi connectivity index (χ1v) is 8.41. The van der Waals surface area contributed by atoms with Crippen LogP contribution in [0.1, 0.15) is 45.8 Å². The third-order valence-corrected chi connectivity index (χ3v) is 5.17. The first-order chi connectivity index (χ1) is 12.1. The topological polar surface area (TPSA) is 60.7 Å². The van der Waals surface area contributed by atoms with Crippen molar-refractivity contribution in [1.82, 2.24) is 0 Å². The van der Waals surface area contributed by atoms with E-state index in [1.807, 2.05) is 37.3 Å². The van der Waals surface area contributed by atoms with Crippen LogP contribution in [0.2, 0.25) is 0 Å². The van der Waals surface area contributed by atoms with Gasteiger partial charge in [0.25, 0.3) is 0 Å². The van der Waals surface area contributed by atoms with Crippen molar-refractivity contribution in [3.8, 4) is 11.5 Å². The molecule has 126 valence electrons. The van der Waals surface area contributed by atoms with Crippen LogP contribution < -0.4 is 0 Å². The zero-order valence-corrected chi connectivity index (χ0v) is 13.9. The van der Waals surface area contributed by atoms with Crippen LogP contribution >= 0.6 is 0 Å². The molecular weight excluding hydrogens is 312 g/mol. The largest absolute Gasteiger partial charge is 0.508 e. The normalized spacial score (nSPS) is 21.9. The molecule has 0 saturated heterocycles. The monoisotopic (exact) mass is 332 g/mol. The van der Waals surface area contributed by atoms with Crippen molar-refractivity contribution in [2.24, 2.45) is 0 Å². The van der Waals surface area contributed by atoms with Crippen LogP contribution in [0, 0.1) is 6.92 Å². The molecule has 0 spiro atoms. The maximum Gasteiger partial charge on any atom is 0.116 e. The minimum atomic E-state index is -0.662. The molecule has 3 atom stereocenters. The molecule has 0 fully saturated rings. The van der Waals surface area contributed by atoms with E-state index in [0.717, 1.165) is 27.8 Å². The van der Waals surface area contributed by atoms with E-state index in [1.165, 1.54) is 0 Å². The molecule has 1 aliphatic rings. The summed E-state index contributed by atoms with van der Waals surface area (Å²) in [7, 11) is 0. The van der Waals surface area contributed by atoms with Gasteiger partial charge in [0, 0.05) is 11.8 Å². The maximum atomic E-state index is 11.1. The molecule has 25 heavy (non-hydrogen) atoms. The van der Waals surface area contributed by atoms with Gasteiger partial charge < -0.3 is 15.3 Å². The highest BCUT2D eigenvalue weighted by Crippen LogP contribution is 2.55. The van der Waals surface area contributed by atoms with Crippen LogP contribution in [-0.2, 0) is 0 Å². The lowest BCUT2D eigenvalue weighted by Gasteiger charge is -2.24. The van der Waals surface area contributed by atoms with Gasteiger partial charge in [0.15, 0.2) is 0 Å². The number of rotatable bonds is 2. The maximum absolute atomic E-state index is 11.1. The van der Waals surface area contributed by atoms with Crippen LogP contribution in [0.25, 0.3) is 0 Å². The van der Waals surface area contributed by atoms with Crippen molar-refractivity contribution in [2.45, 2.75) is 24.9 Å². The summed E-state index contributed by atoms with van der Waals surface area (Å²) in [4.78, 5) is 0. The number of phenolic OH excluding ortho intramolecular Hbond substituents is 2. The van der Waals surface area contributed by atoms with E-state index in [0.29, 0.717) is 0 Å². The van der Waals surface area contributed by atoms with Gasteiger partial charge in [-0.3, -0.25) is 0 Å². The molecule has 4 rings (SSSR count). The first-order valence-electron chi connectivity index (χ1n) is 8.41. The van der Waals surface area contributed by atoms with Crippen molar-refractivity contribution < 1.29 is 15.3 Å². The van der Waals surface area contributed by atoms with Gasteiger partial charge >= 0.3 is 0 Å². The Morgan fingerprint density at radius 1 is 0.760 bits per heavy atom. The predicted octanol–water partition coefficient (Wildman–Crippen LogP) is 4.37. The smallest absolute Gasteiger partial charge is 0.116 e. The van der Waals surface area contributed by atoms with Crippen molar-refractivity contribution in [2.75, 3.05) is 0 Å². The highest BCUT2D eigenvalue weighted by molar-refractivity contribution is 5.55. The van der Waals surface area contributed by atoms with Crippen molar-refractivity contribution in [3.05, 3.63) is 94.5 Å². The lowest BCUT2D eigenvalue weighted by Crippen LogP contribution is -2.11. The number of aliphatic hydroxyl groups excluding tert-OH is 1. The third-order valence-electron chi connectivity index (χ3n) is 5.17. The second kappa shape index (κ2) is 5.94. The number of benzene rings is 3. The minimum absolute atomic E-state index is 0.0541. The molecule has 0 heterocycles. The van der Waals surface area contributed by atoms with Crippen molar-refractivity contribution in [3.63, 3.8) is 0 Å². The van der Waals surface area contributed by atoms with Gasteiger partial charge in [-0.25, -0.2) is 0 Å². The Balaban J connectivity index is 1.94. The van der Waals surface area contributed by atoms with E-state index in [9.17, 15) is 15.3 Å². The zero-order valence-electron chi connectivity index (χ0n) is 13.9. The average Bonchev–Trinajstić information content (AvgIpc) is 2.89. The van der Waals surface area contributed by atoms with Gasteiger partial charge in [0.1, 0.15) is 11.5 Å². The Kier molecular flexibility index (Phi) is 3.74. The zero-order chi connectivity index (χ0) is 17.6. The summed E-state index contributed by atoms with van der Waals surface area (Å²) < 4.78 is 0. The summed E-state index contributed by atoms with van der Waals surface area (Å²) in [5, 5.41) is 30.8. The summed E-state index contributed by atoms with van der Waals surface area (Å²) in [6, 6.07) is 20.5. The van der Waals surface area contributed by atoms with Gasteiger partial charge in [-0.2, -0.15) is 0 Å². The van der Waals surface area contributed by atoms with Gasteiger partial charge in [0.2, 0.25) is 0 Å². The number of phenols is 2. The molecule has 1 aliphatic carbocycles. The van der Waals surface area contributed by atoms with E-state index in [2.05, 4.69) is 12.1 Å². The van der Waals surface area contributed by atoms with Crippen molar-refractivity contribution in [1.29, 1.82) is 0 Å². The highest BCUT2D eigenvalue weighted by atomic mass is 16.3. The van der Waals surface area contributed by atoms with Crippen LogP contribution in [0.5, 0.6) is 11.5 Å². The van der Waals surface area contributed by atoms with Crippen LogP contribution in [0.15, 0.2) is 66.7 Å². The SMILES string of the molecule is Cc1cc(O)cc2c1C(O)C(c1ccc(O)cc1)C2c1ccccc1. The Hall–Kier alpha value is -2.78. The molecule has 3 nitrogen and oxygen atoms in total. The fraction of sp³-hybridized carbons (Fsp3) is 0.182. The Labute approximate surface area is 146 Å². The summed E-state index contributed by atoms with van der Waals surface area (Å²) in [5.41, 5.74) is 4.82. The van der Waals surface area contributed by atoms with Gasteiger partial charge in [-0.05, 0) is 59.0 Å². The fourth-order valence-corrected chi connectivity index (χ4v) is 4.14. The lowest BCUT2D eigenvalue weighted by molar-refractivity contribution is 0.152. The standard InChI is InChI=1S/C22H20O3/c1-13-11-17(24)12-18-19(13)22(25)21(15-7-9-16(23)10-8-15)20(18)14-5-3-2-4-6-14/h2-12,20-25H,1H3. The molecule has 0 saturated carbocycles. The summed E-state index contributed by atoms with van der Waals surface area (Å²) in [6.45, 7) is 1.92. The fourth-order valence-electron chi connectivity index (χ4n) is 4.14. The van der Waals surface area contributed by atoms with Crippen LogP contribution in [0.3, 0.4) is 0 Å². The summed E-state index contributed by atoms with van der Waals surface area (Å²) in [5.74, 6) is 0.203. The second-order valence-corrected chi connectivity index (χ2v) is 6.72. The third kappa shape index (κ3) is 2.57. The summed E-state index contributed by atoms with van der Waals surface area (Å²) in [6.07, 6.45) is -0.662. The van der Waals surface area contributed by atoms with Crippen LogP contribution in [0.4, 0.5) is 0 Å². The number of hydrogen-bond acceptors (Lipinski definition) is 3. The second-order valence-electron chi connectivity index (χ2n) is 6.72. The molecule has 3 aromatic rings.